The summed E-state index contributed by atoms with van der Waals surface area (Å²) in [5.74, 6) is 1.17. The van der Waals surface area contributed by atoms with Gasteiger partial charge in [0.15, 0.2) is 0 Å². The van der Waals surface area contributed by atoms with Crippen LogP contribution in [0.1, 0.15) is 19.8 Å². The molecule has 0 aromatic carbocycles. The summed E-state index contributed by atoms with van der Waals surface area (Å²) < 4.78 is 0. The van der Waals surface area contributed by atoms with Crippen LogP contribution in [0.2, 0.25) is 0 Å². The summed E-state index contributed by atoms with van der Waals surface area (Å²) >= 11 is 0. The molecule has 2 N–H and O–H groups in total. The zero-order valence-electron chi connectivity index (χ0n) is 12.0. The van der Waals surface area contributed by atoms with Gasteiger partial charge in [0.25, 0.3) is 0 Å². The second-order valence-electron chi connectivity index (χ2n) is 5.87. The Balaban J connectivity index is 1.59. The fraction of sp³-hybridized carbons (Fsp3) is 0.600. The molecule has 5 heteroatoms. The van der Waals surface area contributed by atoms with Crippen LogP contribution >= 0.6 is 0 Å². The van der Waals surface area contributed by atoms with Gasteiger partial charge < -0.3 is 15.5 Å². The maximum atomic E-state index is 12.4. The molecule has 20 heavy (non-hydrogen) atoms. The number of nitrogens with zero attached hydrogens (tertiary/aromatic N) is 3. The van der Waals surface area contributed by atoms with Gasteiger partial charge >= 0.3 is 0 Å². The van der Waals surface area contributed by atoms with E-state index in [0.717, 1.165) is 31.9 Å². The SMILES string of the molecule is CC(C(=O)N1CCN(c2ccncc2N)CC1)C1CC1. The van der Waals surface area contributed by atoms with E-state index < -0.39 is 0 Å². The van der Waals surface area contributed by atoms with Crippen LogP contribution in [0, 0.1) is 11.8 Å². The molecule has 108 valence electrons. The quantitative estimate of drug-likeness (QED) is 0.904. The number of hydrogen-bond donors (Lipinski definition) is 1. The molecule has 2 heterocycles. The summed E-state index contributed by atoms with van der Waals surface area (Å²) in [5.41, 5.74) is 7.69. The van der Waals surface area contributed by atoms with Gasteiger partial charge in [0, 0.05) is 38.3 Å². The van der Waals surface area contributed by atoms with E-state index in [4.69, 9.17) is 5.73 Å². The molecule has 0 bridgehead atoms. The number of anilines is 2. The number of nitrogen functional groups attached to an aromatic ring is 1. The van der Waals surface area contributed by atoms with Crippen molar-refractivity contribution in [3.8, 4) is 0 Å². The van der Waals surface area contributed by atoms with Crippen LogP contribution < -0.4 is 10.6 Å². The number of amides is 1. The predicted molar refractivity (Wildman–Crippen MR) is 79.3 cm³/mol. The Kier molecular flexibility index (Phi) is 3.51. The van der Waals surface area contributed by atoms with E-state index in [1.807, 2.05) is 11.0 Å². The van der Waals surface area contributed by atoms with Gasteiger partial charge in [0.2, 0.25) is 5.91 Å². The molecule has 1 aromatic heterocycles. The molecule has 1 aliphatic carbocycles. The average molecular weight is 274 g/mol. The summed E-state index contributed by atoms with van der Waals surface area (Å²) in [6.45, 7) is 5.34. The molecule has 1 amide bonds. The Morgan fingerprint density at radius 1 is 1.35 bits per heavy atom. The highest BCUT2D eigenvalue weighted by Crippen LogP contribution is 2.37. The minimum atomic E-state index is 0.201. The first kappa shape index (κ1) is 13.2. The second-order valence-corrected chi connectivity index (χ2v) is 5.87. The van der Waals surface area contributed by atoms with Gasteiger partial charge in [-0.1, -0.05) is 6.92 Å². The van der Waals surface area contributed by atoms with E-state index in [2.05, 4.69) is 16.8 Å². The fourth-order valence-corrected chi connectivity index (χ4v) is 2.94. The van der Waals surface area contributed by atoms with Crippen molar-refractivity contribution in [1.29, 1.82) is 0 Å². The molecule has 2 fully saturated rings. The molecule has 1 atom stereocenters. The van der Waals surface area contributed by atoms with Crippen molar-refractivity contribution in [1.82, 2.24) is 9.88 Å². The Morgan fingerprint density at radius 3 is 2.65 bits per heavy atom. The lowest BCUT2D eigenvalue weighted by Gasteiger charge is -2.37. The van der Waals surface area contributed by atoms with E-state index in [1.54, 1.807) is 12.4 Å². The zero-order valence-corrected chi connectivity index (χ0v) is 12.0. The lowest BCUT2D eigenvalue weighted by atomic mass is 10.0. The van der Waals surface area contributed by atoms with Gasteiger partial charge in [0.1, 0.15) is 0 Å². The van der Waals surface area contributed by atoms with Crippen LogP contribution in [0.5, 0.6) is 0 Å². The van der Waals surface area contributed by atoms with Crippen molar-refractivity contribution in [2.75, 3.05) is 36.8 Å². The number of hydrogen-bond acceptors (Lipinski definition) is 4. The number of rotatable bonds is 3. The summed E-state index contributed by atoms with van der Waals surface area (Å²) in [6.07, 6.45) is 5.89. The Hall–Kier alpha value is -1.78. The largest absolute Gasteiger partial charge is 0.396 e. The smallest absolute Gasteiger partial charge is 0.225 e. The van der Waals surface area contributed by atoms with E-state index >= 15 is 0 Å². The molecule has 0 radical (unpaired) electrons. The highest BCUT2D eigenvalue weighted by Gasteiger charge is 2.35. The summed E-state index contributed by atoms with van der Waals surface area (Å²) in [6, 6.07) is 1.94. The van der Waals surface area contributed by atoms with E-state index in [1.165, 1.54) is 12.8 Å². The summed E-state index contributed by atoms with van der Waals surface area (Å²) in [5, 5.41) is 0. The summed E-state index contributed by atoms with van der Waals surface area (Å²) in [7, 11) is 0. The van der Waals surface area contributed by atoms with Crippen LogP contribution in [0.15, 0.2) is 18.5 Å². The maximum Gasteiger partial charge on any atom is 0.225 e. The number of aromatic nitrogens is 1. The molecule has 1 aliphatic heterocycles. The number of carbonyl (C=O) groups is 1. The van der Waals surface area contributed by atoms with Crippen LogP contribution in [0.25, 0.3) is 0 Å². The number of carbonyl (C=O) groups excluding carboxylic acids is 1. The first-order valence-electron chi connectivity index (χ1n) is 7.40. The second kappa shape index (κ2) is 5.31. The number of pyridine rings is 1. The Morgan fingerprint density at radius 2 is 2.05 bits per heavy atom. The fourth-order valence-electron chi connectivity index (χ4n) is 2.94. The number of nitrogens with two attached hydrogens (primary N) is 1. The predicted octanol–water partition coefficient (Wildman–Crippen LogP) is 1.36. The lowest BCUT2D eigenvalue weighted by molar-refractivity contribution is -0.135. The molecule has 1 unspecified atom stereocenters. The van der Waals surface area contributed by atoms with E-state index in [0.29, 0.717) is 17.5 Å². The van der Waals surface area contributed by atoms with Crippen LogP contribution in [0.4, 0.5) is 11.4 Å². The zero-order chi connectivity index (χ0) is 14.1. The molecular weight excluding hydrogens is 252 g/mol. The highest BCUT2D eigenvalue weighted by atomic mass is 16.2. The summed E-state index contributed by atoms with van der Waals surface area (Å²) in [4.78, 5) is 20.6. The first-order chi connectivity index (χ1) is 9.66. The Bertz CT molecular complexity index is 492. The van der Waals surface area contributed by atoms with Crippen LogP contribution in [-0.2, 0) is 4.79 Å². The van der Waals surface area contributed by atoms with Crippen LogP contribution in [0.3, 0.4) is 0 Å². The molecule has 1 saturated carbocycles. The average Bonchev–Trinajstić information content (AvgIpc) is 3.31. The first-order valence-corrected chi connectivity index (χ1v) is 7.40. The molecule has 5 nitrogen and oxygen atoms in total. The van der Waals surface area contributed by atoms with Gasteiger partial charge in [-0.25, -0.2) is 0 Å². The standard InChI is InChI=1S/C15H22N4O/c1-11(12-2-3-12)15(20)19-8-6-18(7-9-19)14-4-5-17-10-13(14)16/h4-5,10-12H,2-3,6-9,16H2,1H3. The third-order valence-corrected chi connectivity index (χ3v) is 4.48. The van der Waals surface area contributed by atoms with Crippen molar-refractivity contribution in [2.45, 2.75) is 19.8 Å². The van der Waals surface area contributed by atoms with E-state index in [9.17, 15) is 4.79 Å². The van der Waals surface area contributed by atoms with Gasteiger partial charge in [-0.05, 0) is 24.8 Å². The topological polar surface area (TPSA) is 62.5 Å². The van der Waals surface area contributed by atoms with Crippen molar-refractivity contribution < 1.29 is 4.79 Å². The Labute approximate surface area is 119 Å². The van der Waals surface area contributed by atoms with Gasteiger partial charge in [-0.15, -0.1) is 0 Å². The normalized spacial score (nSPS) is 20.9. The highest BCUT2D eigenvalue weighted by molar-refractivity contribution is 5.79. The van der Waals surface area contributed by atoms with Crippen LogP contribution in [-0.4, -0.2) is 42.0 Å². The lowest BCUT2D eigenvalue weighted by Crippen LogP contribution is -2.50. The number of piperazine rings is 1. The third-order valence-electron chi connectivity index (χ3n) is 4.48. The minimum absolute atomic E-state index is 0.201. The monoisotopic (exact) mass is 274 g/mol. The molecule has 1 saturated heterocycles. The van der Waals surface area contributed by atoms with Crippen molar-refractivity contribution in [3.63, 3.8) is 0 Å². The molecule has 0 spiro atoms. The molecule has 1 aromatic rings. The van der Waals surface area contributed by atoms with E-state index in [-0.39, 0.29) is 5.92 Å². The maximum absolute atomic E-state index is 12.4. The molecule has 2 aliphatic rings. The van der Waals surface area contributed by atoms with Crippen molar-refractivity contribution >= 4 is 17.3 Å². The van der Waals surface area contributed by atoms with Crippen molar-refractivity contribution in [2.24, 2.45) is 11.8 Å². The van der Waals surface area contributed by atoms with Gasteiger partial charge in [-0.2, -0.15) is 0 Å². The van der Waals surface area contributed by atoms with Gasteiger partial charge in [0.05, 0.1) is 17.6 Å². The van der Waals surface area contributed by atoms with Crippen molar-refractivity contribution in [3.05, 3.63) is 18.5 Å². The molecule has 3 rings (SSSR count). The molecular formula is C15H22N4O. The minimum Gasteiger partial charge on any atom is -0.396 e. The third kappa shape index (κ3) is 2.57. The van der Waals surface area contributed by atoms with Gasteiger partial charge in [-0.3, -0.25) is 9.78 Å².